The molecule has 2 heterocycles. The number of nitrogens with two attached hydrogens (primary N) is 1. The van der Waals surface area contributed by atoms with Gasteiger partial charge in [-0.25, -0.2) is 0 Å². The van der Waals surface area contributed by atoms with E-state index in [1.807, 2.05) is 24.3 Å². The topological polar surface area (TPSA) is 101 Å². The predicted octanol–water partition coefficient (Wildman–Crippen LogP) is -0.0693. The van der Waals surface area contributed by atoms with Crippen molar-refractivity contribution in [2.45, 2.75) is 12.5 Å². The van der Waals surface area contributed by atoms with Gasteiger partial charge in [0.2, 0.25) is 11.7 Å². The summed E-state index contributed by atoms with van der Waals surface area (Å²) in [5, 5.41) is 13.7. The molecule has 1 atom stereocenters. The van der Waals surface area contributed by atoms with Crippen LogP contribution in [0.25, 0.3) is 11.4 Å². The number of aromatic amines is 1. The maximum atomic E-state index is 11.8. The molecule has 0 radical (unpaired) electrons. The molecule has 0 saturated carbocycles. The fourth-order valence-electron chi connectivity index (χ4n) is 2.08. The zero-order valence-corrected chi connectivity index (χ0v) is 9.58. The van der Waals surface area contributed by atoms with Gasteiger partial charge in [-0.05, 0) is 17.3 Å². The average Bonchev–Trinajstić information content (AvgIpc) is 2.99. The van der Waals surface area contributed by atoms with Gasteiger partial charge in [-0.3, -0.25) is 4.79 Å². The lowest BCUT2D eigenvalue weighted by molar-refractivity contribution is -0.117. The molecule has 1 amide bonds. The maximum absolute atomic E-state index is 11.8. The summed E-state index contributed by atoms with van der Waals surface area (Å²) in [5.41, 5.74) is 7.41. The van der Waals surface area contributed by atoms with Crippen molar-refractivity contribution in [2.24, 2.45) is 5.73 Å². The molecule has 3 N–H and O–H groups in total. The molecule has 1 fully saturated rings. The Hall–Kier alpha value is -2.28. The van der Waals surface area contributed by atoms with Crippen molar-refractivity contribution in [3.63, 3.8) is 0 Å². The first-order valence-electron chi connectivity index (χ1n) is 5.64. The molecule has 1 aliphatic heterocycles. The summed E-state index contributed by atoms with van der Waals surface area (Å²) >= 11 is 0. The Morgan fingerprint density at radius 1 is 1.44 bits per heavy atom. The van der Waals surface area contributed by atoms with Gasteiger partial charge < -0.3 is 10.6 Å². The van der Waals surface area contributed by atoms with Crippen LogP contribution < -0.4 is 10.6 Å². The number of carbonyl (C=O) groups is 1. The van der Waals surface area contributed by atoms with Gasteiger partial charge in [0.25, 0.3) is 0 Å². The molecule has 7 heteroatoms. The number of rotatable bonds is 2. The first-order chi connectivity index (χ1) is 8.74. The number of hydrogen-bond acceptors (Lipinski definition) is 5. The number of aromatic nitrogens is 4. The Kier molecular flexibility index (Phi) is 2.52. The third-order valence-electron chi connectivity index (χ3n) is 2.92. The van der Waals surface area contributed by atoms with E-state index in [0.717, 1.165) is 11.3 Å². The molecule has 1 aromatic carbocycles. The molecule has 1 aromatic heterocycles. The predicted molar refractivity (Wildman–Crippen MR) is 64.6 cm³/mol. The number of hydrogen-bond donors (Lipinski definition) is 2. The smallest absolute Gasteiger partial charge is 0.228 e. The fraction of sp³-hybridized carbons (Fsp3) is 0.273. The van der Waals surface area contributed by atoms with E-state index in [1.165, 1.54) is 0 Å². The van der Waals surface area contributed by atoms with Gasteiger partial charge in [0.15, 0.2) is 0 Å². The number of carbonyl (C=O) groups excluding carboxylic acids is 1. The number of H-pyrrole nitrogens is 1. The molecule has 3 rings (SSSR count). The number of anilines is 1. The van der Waals surface area contributed by atoms with Gasteiger partial charge in [0.05, 0.1) is 0 Å². The Bertz CT molecular complexity index is 567. The number of benzene rings is 1. The van der Waals surface area contributed by atoms with Gasteiger partial charge in [0, 0.05) is 30.3 Å². The molecule has 92 valence electrons. The maximum Gasteiger partial charge on any atom is 0.228 e. The van der Waals surface area contributed by atoms with Crippen LogP contribution in [-0.2, 0) is 4.79 Å². The van der Waals surface area contributed by atoms with Crippen LogP contribution in [0.3, 0.4) is 0 Å². The number of nitrogens with zero attached hydrogens (tertiary/aromatic N) is 4. The van der Waals surface area contributed by atoms with E-state index in [-0.39, 0.29) is 11.9 Å². The van der Waals surface area contributed by atoms with Gasteiger partial charge in [-0.15, -0.1) is 10.2 Å². The zero-order chi connectivity index (χ0) is 12.5. The minimum atomic E-state index is -0.0914. The Morgan fingerprint density at radius 3 is 3.00 bits per heavy atom. The molecular weight excluding hydrogens is 232 g/mol. The second-order valence-corrected chi connectivity index (χ2v) is 4.25. The van der Waals surface area contributed by atoms with Crippen molar-refractivity contribution >= 4 is 11.6 Å². The molecule has 7 nitrogen and oxygen atoms in total. The molecule has 0 aliphatic carbocycles. The summed E-state index contributed by atoms with van der Waals surface area (Å²) in [6.45, 7) is 0.550. The lowest BCUT2D eigenvalue weighted by atomic mass is 10.2. The third kappa shape index (κ3) is 1.84. The monoisotopic (exact) mass is 244 g/mol. The third-order valence-corrected chi connectivity index (χ3v) is 2.92. The lowest BCUT2D eigenvalue weighted by Crippen LogP contribution is -2.27. The van der Waals surface area contributed by atoms with Gasteiger partial charge in [-0.2, -0.15) is 5.21 Å². The summed E-state index contributed by atoms with van der Waals surface area (Å²) in [7, 11) is 0. The first kappa shape index (κ1) is 10.8. The van der Waals surface area contributed by atoms with Crippen LogP contribution in [0.1, 0.15) is 6.42 Å². The van der Waals surface area contributed by atoms with E-state index < -0.39 is 0 Å². The fourth-order valence-corrected chi connectivity index (χ4v) is 2.08. The van der Waals surface area contributed by atoms with E-state index in [9.17, 15) is 4.79 Å². The average molecular weight is 244 g/mol. The van der Waals surface area contributed by atoms with E-state index in [4.69, 9.17) is 5.73 Å². The summed E-state index contributed by atoms with van der Waals surface area (Å²) in [5.74, 6) is 0.556. The molecule has 1 unspecified atom stereocenters. The molecule has 1 aliphatic rings. The molecule has 18 heavy (non-hydrogen) atoms. The summed E-state index contributed by atoms with van der Waals surface area (Å²) in [4.78, 5) is 13.5. The second kappa shape index (κ2) is 4.19. The molecule has 2 aromatic rings. The number of nitrogens with one attached hydrogen (secondary N) is 1. The van der Waals surface area contributed by atoms with E-state index in [0.29, 0.717) is 18.8 Å². The van der Waals surface area contributed by atoms with Crippen molar-refractivity contribution in [1.29, 1.82) is 0 Å². The highest BCUT2D eigenvalue weighted by Crippen LogP contribution is 2.25. The standard InChI is InChI=1S/C11H12N6O/c12-8-5-10(18)17(6-8)9-3-1-2-7(4-9)11-13-15-16-14-11/h1-4,8H,5-6,12H2,(H,13,14,15,16). The quantitative estimate of drug-likeness (QED) is 0.770. The Labute approximate surface area is 103 Å². The highest BCUT2D eigenvalue weighted by molar-refractivity contribution is 5.96. The molecule has 0 bridgehead atoms. The zero-order valence-electron chi connectivity index (χ0n) is 9.58. The van der Waals surface area contributed by atoms with E-state index >= 15 is 0 Å². The Morgan fingerprint density at radius 2 is 2.33 bits per heavy atom. The minimum Gasteiger partial charge on any atom is -0.326 e. The lowest BCUT2D eigenvalue weighted by Gasteiger charge is -2.16. The van der Waals surface area contributed by atoms with Gasteiger partial charge >= 0.3 is 0 Å². The minimum absolute atomic E-state index is 0.0489. The largest absolute Gasteiger partial charge is 0.326 e. The van der Waals surface area contributed by atoms with Crippen molar-refractivity contribution < 1.29 is 4.79 Å². The SMILES string of the molecule is NC1CC(=O)N(c2cccc(-c3nn[nH]n3)c2)C1. The van der Waals surface area contributed by atoms with Crippen molar-refractivity contribution in [1.82, 2.24) is 20.6 Å². The second-order valence-electron chi connectivity index (χ2n) is 4.25. The van der Waals surface area contributed by atoms with Crippen LogP contribution >= 0.6 is 0 Å². The van der Waals surface area contributed by atoms with Crippen LogP contribution in [0.5, 0.6) is 0 Å². The number of amides is 1. The van der Waals surface area contributed by atoms with Gasteiger partial charge in [0.1, 0.15) is 0 Å². The molecular formula is C11H12N6O. The summed E-state index contributed by atoms with van der Waals surface area (Å²) in [6, 6.07) is 7.37. The summed E-state index contributed by atoms with van der Waals surface area (Å²) < 4.78 is 0. The normalized spacial score (nSPS) is 19.5. The van der Waals surface area contributed by atoms with Crippen LogP contribution in [0, 0.1) is 0 Å². The van der Waals surface area contributed by atoms with Crippen LogP contribution in [0.2, 0.25) is 0 Å². The van der Waals surface area contributed by atoms with E-state index in [1.54, 1.807) is 4.90 Å². The molecule has 1 saturated heterocycles. The highest BCUT2D eigenvalue weighted by atomic mass is 16.2. The van der Waals surface area contributed by atoms with Crippen molar-refractivity contribution in [3.05, 3.63) is 24.3 Å². The van der Waals surface area contributed by atoms with Crippen LogP contribution in [-0.4, -0.2) is 39.1 Å². The first-order valence-corrected chi connectivity index (χ1v) is 5.64. The van der Waals surface area contributed by atoms with Crippen LogP contribution in [0.4, 0.5) is 5.69 Å². The van der Waals surface area contributed by atoms with Gasteiger partial charge in [-0.1, -0.05) is 12.1 Å². The summed E-state index contributed by atoms with van der Waals surface area (Å²) in [6.07, 6.45) is 0.395. The van der Waals surface area contributed by atoms with E-state index in [2.05, 4.69) is 20.6 Å². The molecule has 0 spiro atoms. The van der Waals surface area contributed by atoms with Crippen molar-refractivity contribution in [2.75, 3.05) is 11.4 Å². The number of tetrazole rings is 1. The Balaban J connectivity index is 1.94. The highest BCUT2D eigenvalue weighted by Gasteiger charge is 2.28. The van der Waals surface area contributed by atoms with Crippen LogP contribution in [0.15, 0.2) is 24.3 Å². The van der Waals surface area contributed by atoms with Crippen molar-refractivity contribution in [3.8, 4) is 11.4 Å².